The summed E-state index contributed by atoms with van der Waals surface area (Å²) < 4.78 is -1.34. The molecule has 1 aliphatic rings. The van der Waals surface area contributed by atoms with Gasteiger partial charge in [0.1, 0.15) is 4.33 Å². The van der Waals surface area contributed by atoms with Gasteiger partial charge in [-0.2, -0.15) is 5.26 Å². The second kappa shape index (κ2) is 10.7. The van der Waals surface area contributed by atoms with Crippen molar-refractivity contribution in [2.24, 2.45) is 5.92 Å². The van der Waals surface area contributed by atoms with Crippen molar-refractivity contribution in [3.8, 4) is 6.07 Å². The van der Waals surface area contributed by atoms with Gasteiger partial charge in [0.2, 0.25) is 5.91 Å². The van der Waals surface area contributed by atoms with Crippen molar-refractivity contribution >= 4 is 81.2 Å². The van der Waals surface area contributed by atoms with E-state index in [4.69, 9.17) is 63.3 Å². The van der Waals surface area contributed by atoms with Crippen molar-refractivity contribution in [1.82, 2.24) is 0 Å². The minimum absolute atomic E-state index is 0.159. The number of alkyl halides is 2. The van der Waals surface area contributed by atoms with Crippen LogP contribution in [-0.4, -0.2) is 16.1 Å². The molecule has 3 atom stereocenters. The van der Waals surface area contributed by atoms with Crippen LogP contribution in [0.1, 0.15) is 38.9 Å². The third kappa shape index (κ3) is 5.85. The topological polar surface area (TPSA) is 82.0 Å². The van der Waals surface area contributed by atoms with Crippen LogP contribution in [0.25, 0.3) is 0 Å². The Balaban J connectivity index is 1.50. The first-order valence-electron chi connectivity index (χ1n) is 11.0. The molecule has 0 aromatic heterocycles. The number of nitrogens with one attached hydrogen (secondary N) is 2. The molecule has 3 unspecified atom stereocenters. The SMILES string of the molecule is [CH2]C(C#N)c1ccc(NC(=O)c2cc(NC(=O)C3C(c4cc(Cl)cc(Cl)c4)C3(Cl)Cl)ccc2Cl)c(C)c1. The van der Waals surface area contributed by atoms with Crippen LogP contribution in [0.4, 0.5) is 11.4 Å². The lowest BCUT2D eigenvalue weighted by molar-refractivity contribution is -0.117. The summed E-state index contributed by atoms with van der Waals surface area (Å²) >= 11 is 31.3. The van der Waals surface area contributed by atoms with Gasteiger partial charge in [-0.1, -0.05) is 46.9 Å². The van der Waals surface area contributed by atoms with Crippen LogP contribution in [0.3, 0.4) is 0 Å². The number of amides is 2. The normalized spacial score (nSPS) is 18.4. The maximum atomic E-state index is 13.0. The highest BCUT2D eigenvalue weighted by atomic mass is 35.5. The quantitative estimate of drug-likeness (QED) is 0.283. The van der Waals surface area contributed by atoms with Gasteiger partial charge < -0.3 is 10.6 Å². The largest absolute Gasteiger partial charge is 0.326 e. The summed E-state index contributed by atoms with van der Waals surface area (Å²) in [5, 5.41) is 15.7. The second-order valence-electron chi connectivity index (χ2n) is 8.73. The molecule has 0 spiro atoms. The van der Waals surface area contributed by atoms with E-state index < -0.39 is 33.9 Å². The lowest BCUT2D eigenvalue weighted by Gasteiger charge is -2.13. The minimum atomic E-state index is -1.34. The van der Waals surface area contributed by atoms with Gasteiger partial charge in [0.25, 0.3) is 5.91 Å². The van der Waals surface area contributed by atoms with Crippen molar-refractivity contribution in [2.45, 2.75) is 23.1 Å². The number of rotatable bonds is 6. The summed E-state index contributed by atoms with van der Waals surface area (Å²) in [5.41, 5.74) is 3.22. The van der Waals surface area contributed by atoms with E-state index in [9.17, 15) is 9.59 Å². The molecule has 2 amide bonds. The zero-order chi connectivity index (χ0) is 27.1. The highest BCUT2D eigenvalue weighted by molar-refractivity contribution is 6.53. The van der Waals surface area contributed by atoms with Crippen molar-refractivity contribution in [3.05, 3.63) is 98.8 Å². The summed E-state index contributed by atoms with van der Waals surface area (Å²) in [6.07, 6.45) is 0. The first kappa shape index (κ1) is 27.6. The van der Waals surface area contributed by atoms with Gasteiger partial charge in [-0.25, -0.2) is 0 Å². The Kier molecular flexibility index (Phi) is 7.99. The average molecular weight is 595 g/mol. The molecule has 0 heterocycles. The number of hydrogen-bond donors (Lipinski definition) is 2. The number of nitriles is 1. The number of anilines is 2. The standard InChI is InChI=1S/C27H19Cl5N3O2/c1-13-7-15(14(2)12-33)3-6-22(13)35-25(36)20-11-19(4-5-21(20)30)34-26(37)24-23(27(24,31)32)16-8-17(28)10-18(29)9-16/h3-11,14,23-24H,2H2,1H3,(H,34,37)(H,35,36). The van der Waals surface area contributed by atoms with E-state index in [-0.39, 0.29) is 10.6 Å². The summed E-state index contributed by atoms with van der Waals surface area (Å²) in [7, 11) is 0. The number of aryl methyl sites for hydroxylation is 1. The first-order chi connectivity index (χ1) is 17.4. The lowest BCUT2D eigenvalue weighted by atomic mass is 10.00. The molecule has 37 heavy (non-hydrogen) atoms. The Morgan fingerprint density at radius 1 is 1.00 bits per heavy atom. The molecule has 1 saturated carbocycles. The molecular weight excluding hydrogens is 576 g/mol. The van der Waals surface area contributed by atoms with Crippen molar-refractivity contribution in [1.29, 1.82) is 5.26 Å². The molecule has 2 N–H and O–H groups in total. The molecule has 0 bridgehead atoms. The second-order valence-corrected chi connectivity index (χ2v) is 11.5. The first-order valence-corrected chi connectivity index (χ1v) is 12.9. The van der Waals surface area contributed by atoms with E-state index in [0.29, 0.717) is 27.0 Å². The third-order valence-corrected chi connectivity index (χ3v) is 7.82. The van der Waals surface area contributed by atoms with Crippen LogP contribution in [0, 0.1) is 31.1 Å². The van der Waals surface area contributed by atoms with Crippen LogP contribution in [0.15, 0.2) is 54.6 Å². The summed E-state index contributed by atoms with van der Waals surface area (Å²) in [5.74, 6) is -2.67. The fraction of sp³-hybridized carbons (Fsp3) is 0.185. The van der Waals surface area contributed by atoms with Crippen molar-refractivity contribution < 1.29 is 9.59 Å². The van der Waals surface area contributed by atoms with Crippen LogP contribution in [0.5, 0.6) is 0 Å². The highest BCUT2D eigenvalue weighted by Gasteiger charge is 2.67. The van der Waals surface area contributed by atoms with Crippen LogP contribution < -0.4 is 10.6 Å². The number of nitrogens with zero attached hydrogens (tertiary/aromatic N) is 1. The smallest absolute Gasteiger partial charge is 0.257 e. The molecule has 0 saturated heterocycles. The number of carbonyl (C=O) groups is 2. The Hall–Kier alpha value is -2.46. The molecule has 1 fully saturated rings. The molecule has 4 rings (SSSR count). The van der Waals surface area contributed by atoms with E-state index in [1.165, 1.54) is 12.1 Å². The summed E-state index contributed by atoms with van der Waals surface area (Å²) in [6.45, 7) is 5.59. The van der Waals surface area contributed by atoms with E-state index >= 15 is 0 Å². The molecule has 3 aromatic rings. The van der Waals surface area contributed by atoms with E-state index in [1.807, 2.05) is 6.92 Å². The fourth-order valence-electron chi connectivity index (χ4n) is 4.13. The Bertz CT molecular complexity index is 1430. The average Bonchev–Trinajstić information content (AvgIpc) is 3.42. The Morgan fingerprint density at radius 3 is 2.30 bits per heavy atom. The van der Waals surface area contributed by atoms with Gasteiger partial charge in [0, 0.05) is 27.3 Å². The Labute approximate surface area is 239 Å². The van der Waals surface area contributed by atoms with Crippen LogP contribution in [-0.2, 0) is 4.79 Å². The third-order valence-electron chi connectivity index (χ3n) is 6.12. The van der Waals surface area contributed by atoms with E-state index in [0.717, 1.165) is 11.1 Å². The number of benzene rings is 3. The van der Waals surface area contributed by atoms with Gasteiger partial charge in [0.15, 0.2) is 0 Å². The number of carbonyl (C=O) groups excluding carboxylic acids is 2. The van der Waals surface area contributed by atoms with Crippen LogP contribution in [0.2, 0.25) is 15.1 Å². The summed E-state index contributed by atoms with van der Waals surface area (Å²) in [4.78, 5) is 26.1. The zero-order valence-electron chi connectivity index (χ0n) is 19.3. The van der Waals surface area contributed by atoms with Gasteiger partial charge >= 0.3 is 0 Å². The monoisotopic (exact) mass is 592 g/mol. The Morgan fingerprint density at radius 2 is 1.68 bits per heavy atom. The molecule has 189 valence electrons. The summed E-state index contributed by atoms with van der Waals surface area (Å²) in [6, 6.07) is 16.8. The molecule has 5 nitrogen and oxygen atoms in total. The predicted octanol–water partition coefficient (Wildman–Crippen LogP) is 8.17. The van der Waals surface area contributed by atoms with Gasteiger partial charge in [-0.15, -0.1) is 23.2 Å². The fourth-order valence-corrected chi connectivity index (χ4v) is 5.70. The van der Waals surface area contributed by atoms with Gasteiger partial charge in [0.05, 0.1) is 28.5 Å². The molecule has 1 radical (unpaired) electrons. The zero-order valence-corrected chi connectivity index (χ0v) is 23.1. The van der Waals surface area contributed by atoms with Crippen molar-refractivity contribution in [2.75, 3.05) is 10.6 Å². The lowest BCUT2D eigenvalue weighted by Crippen LogP contribution is -2.18. The molecular formula is C27H19Cl5N3O2. The molecule has 0 aliphatic heterocycles. The maximum absolute atomic E-state index is 13.0. The van der Waals surface area contributed by atoms with E-state index in [1.54, 1.807) is 42.5 Å². The van der Waals surface area contributed by atoms with Gasteiger partial charge in [-0.3, -0.25) is 9.59 Å². The molecule has 10 heteroatoms. The maximum Gasteiger partial charge on any atom is 0.257 e. The van der Waals surface area contributed by atoms with Crippen LogP contribution >= 0.6 is 58.0 Å². The minimum Gasteiger partial charge on any atom is -0.326 e. The number of halogens is 5. The molecule has 1 aliphatic carbocycles. The van der Waals surface area contributed by atoms with E-state index in [2.05, 4.69) is 23.6 Å². The highest BCUT2D eigenvalue weighted by Crippen LogP contribution is 2.65. The van der Waals surface area contributed by atoms with Gasteiger partial charge in [-0.05, 0) is 73.0 Å². The van der Waals surface area contributed by atoms with Crippen molar-refractivity contribution in [3.63, 3.8) is 0 Å². The molecule has 3 aromatic carbocycles. The predicted molar refractivity (Wildman–Crippen MR) is 150 cm³/mol. The number of hydrogen-bond acceptors (Lipinski definition) is 3.